The zero-order valence-corrected chi connectivity index (χ0v) is 20.0. The van der Waals surface area contributed by atoms with Crippen molar-refractivity contribution in [3.63, 3.8) is 0 Å². The highest BCUT2D eigenvalue weighted by atomic mass is 16.7. The first-order valence-electron chi connectivity index (χ1n) is 11.3. The Bertz CT molecular complexity index is 1580. The van der Waals surface area contributed by atoms with Crippen LogP contribution in [0.25, 0.3) is 11.2 Å². The van der Waals surface area contributed by atoms with Crippen LogP contribution in [0, 0.1) is 0 Å². The first kappa shape index (κ1) is 26.4. The molecule has 0 unspecified atom stereocenters. The van der Waals surface area contributed by atoms with Gasteiger partial charge in [0.05, 0.1) is 24.9 Å². The number of benzene rings is 1. The van der Waals surface area contributed by atoms with Gasteiger partial charge in [0, 0.05) is 23.4 Å². The summed E-state index contributed by atoms with van der Waals surface area (Å²) in [4.78, 5) is 67.5. The van der Waals surface area contributed by atoms with Crippen LogP contribution in [0.3, 0.4) is 0 Å². The highest BCUT2D eigenvalue weighted by Gasteiger charge is 2.23. The minimum absolute atomic E-state index is 0.0396. The summed E-state index contributed by atoms with van der Waals surface area (Å²) < 4.78 is 0.478. The molecule has 0 fully saturated rings. The molecule has 1 atom stereocenters. The fraction of sp³-hybridized carbons (Fsp3) is 0.174. The molecule has 4 rings (SSSR count). The molecule has 0 spiro atoms. The molecule has 202 valence electrons. The quantitative estimate of drug-likeness (QED) is 0.138. The van der Waals surface area contributed by atoms with Crippen LogP contribution in [0.4, 0.5) is 11.6 Å². The van der Waals surface area contributed by atoms with Crippen LogP contribution in [0.2, 0.25) is 0 Å². The van der Waals surface area contributed by atoms with Crippen molar-refractivity contribution in [2.75, 3.05) is 11.1 Å². The number of carboxylic acid groups (broad SMARTS) is 1. The van der Waals surface area contributed by atoms with Gasteiger partial charge in [-0.1, -0.05) is 0 Å². The molecule has 0 aliphatic rings. The number of nitrogens with one attached hydrogen (secondary N) is 3. The van der Waals surface area contributed by atoms with Crippen LogP contribution >= 0.6 is 0 Å². The monoisotopic (exact) mass is 538 g/mol. The van der Waals surface area contributed by atoms with Gasteiger partial charge in [-0.25, -0.2) is 19.6 Å². The summed E-state index contributed by atoms with van der Waals surface area (Å²) >= 11 is 0. The van der Waals surface area contributed by atoms with Crippen molar-refractivity contribution in [2.24, 2.45) is 0 Å². The van der Waals surface area contributed by atoms with Crippen LogP contribution in [0.15, 0.2) is 47.4 Å². The van der Waals surface area contributed by atoms with E-state index in [0.29, 0.717) is 16.1 Å². The van der Waals surface area contributed by atoms with Gasteiger partial charge in [0.15, 0.2) is 11.2 Å². The molecule has 0 aliphatic heterocycles. The molecular formula is C23H22N8O8. The summed E-state index contributed by atoms with van der Waals surface area (Å²) in [5.74, 6) is -4.10. The third kappa shape index (κ3) is 6.37. The Morgan fingerprint density at radius 3 is 2.44 bits per heavy atom. The van der Waals surface area contributed by atoms with E-state index in [4.69, 9.17) is 10.6 Å². The van der Waals surface area contributed by atoms with Gasteiger partial charge < -0.3 is 36.5 Å². The number of fused-ring (bicyclic) bond motifs is 1. The Morgan fingerprint density at radius 2 is 1.77 bits per heavy atom. The van der Waals surface area contributed by atoms with Gasteiger partial charge >= 0.3 is 11.9 Å². The van der Waals surface area contributed by atoms with Crippen LogP contribution in [-0.2, 0) is 16.1 Å². The highest BCUT2D eigenvalue weighted by molar-refractivity contribution is 5.97. The average molecular weight is 538 g/mol. The molecular weight excluding hydrogens is 516 g/mol. The molecule has 39 heavy (non-hydrogen) atoms. The Labute approximate surface area is 218 Å². The van der Waals surface area contributed by atoms with Gasteiger partial charge in [-0.05, 0) is 30.7 Å². The second-order valence-corrected chi connectivity index (χ2v) is 8.13. The van der Waals surface area contributed by atoms with Gasteiger partial charge in [0.2, 0.25) is 17.7 Å². The van der Waals surface area contributed by atoms with Crippen molar-refractivity contribution in [2.45, 2.75) is 25.4 Å². The molecule has 0 saturated carbocycles. The number of rotatable bonds is 10. The summed E-state index contributed by atoms with van der Waals surface area (Å²) in [7, 11) is 0. The zero-order chi connectivity index (χ0) is 28.1. The number of hydrogen-bond acceptors (Lipinski definition) is 12. The van der Waals surface area contributed by atoms with Crippen LogP contribution in [0.5, 0.6) is 11.8 Å². The number of aliphatic carboxylic acids is 1. The Hall–Kier alpha value is -5.67. The molecule has 16 nitrogen and oxygen atoms in total. The summed E-state index contributed by atoms with van der Waals surface area (Å²) in [5, 5.41) is 33.9. The predicted octanol–water partition coefficient (Wildman–Crippen LogP) is -0.261. The minimum atomic E-state index is -1.41. The van der Waals surface area contributed by atoms with Gasteiger partial charge in [0.25, 0.3) is 11.5 Å². The summed E-state index contributed by atoms with van der Waals surface area (Å²) in [6.07, 6.45) is 0.707. The third-order valence-corrected chi connectivity index (χ3v) is 5.34. The number of carbonyl (C=O) groups is 3. The van der Waals surface area contributed by atoms with Crippen LogP contribution in [-0.4, -0.2) is 63.9 Å². The normalized spacial score (nSPS) is 11.6. The molecule has 3 heterocycles. The number of aromatic nitrogens is 5. The fourth-order valence-corrected chi connectivity index (χ4v) is 3.39. The van der Waals surface area contributed by atoms with Gasteiger partial charge in [-0.3, -0.25) is 14.6 Å². The third-order valence-electron chi connectivity index (χ3n) is 5.34. The molecule has 1 aromatic carbocycles. The minimum Gasteiger partial charge on any atom is -0.492 e. The SMILES string of the molecule is Nc1nc2ncc(CNc3ccc(C(=O)N[C@@H](CCC(=O)On4c(O)ccc4O)C(=O)O)cc3)nc2c(=O)[nH]1. The maximum absolute atomic E-state index is 12.6. The number of carboxylic acids is 1. The Kier molecular flexibility index (Phi) is 7.55. The van der Waals surface area contributed by atoms with Crippen molar-refractivity contribution in [1.29, 1.82) is 0 Å². The highest BCUT2D eigenvalue weighted by Crippen LogP contribution is 2.19. The van der Waals surface area contributed by atoms with Crippen LogP contribution < -0.4 is 26.8 Å². The predicted molar refractivity (Wildman–Crippen MR) is 134 cm³/mol. The van der Waals surface area contributed by atoms with Crippen molar-refractivity contribution in [1.82, 2.24) is 30.0 Å². The number of H-pyrrole nitrogens is 1. The van der Waals surface area contributed by atoms with Crippen LogP contribution in [0.1, 0.15) is 28.9 Å². The number of aromatic hydroxyl groups is 2. The van der Waals surface area contributed by atoms with Gasteiger partial charge in [0.1, 0.15) is 6.04 Å². The second-order valence-electron chi connectivity index (χ2n) is 8.13. The molecule has 0 saturated heterocycles. The number of nitrogens with two attached hydrogens (primary N) is 1. The van der Waals surface area contributed by atoms with E-state index in [1.165, 1.54) is 18.3 Å². The standard InChI is InChI=1S/C23H22N8O8/c24-23-29-19-18(21(36)30-23)27-13(10-26-19)9-25-12-3-1-11(2-4-12)20(35)28-14(22(37)38)5-8-17(34)39-31-15(32)6-7-16(31)33/h1-4,6-7,10,14,25,32-33H,5,8-9H2,(H,28,35)(H,37,38)(H3,24,26,29,30,36)/t14-/m0/s1. The second kappa shape index (κ2) is 11.2. The van der Waals surface area contributed by atoms with E-state index in [0.717, 1.165) is 12.1 Å². The van der Waals surface area contributed by atoms with E-state index in [-0.39, 0.29) is 35.6 Å². The molecule has 4 aromatic rings. The average Bonchev–Trinajstić information content (AvgIpc) is 3.22. The van der Waals surface area contributed by atoms with Crippen molar-refractivity contribution >= 4 is 40.6 Å². The molecule has 0 bridgehead atoms. The van der Waals surface area contributed by atoms with Crippen molar-refractivity contribution < 1.29 is 34.5 Å². The van der Waals surface area contributed by atoms with E-state index < -0.39 is 47.6 Å². The number of anilines is 2. The summed E-state index contributed by atoms with van der Waals surface area (Å²) in [6, 6.07) is 6.88. The van der Waals surface area contributed by atoms with E-state index in [1.54, 1.807) is 12.1 Å². The maximum atomic E-state index is 12.6. The largest absolute Gasteiger partial charge is 0.492 e. The number of amides is 1. The first-order valence-corrected chi connectivity index (χ1v) is 11.3. The number of hydrogen-bond donors (Lipinski definition) is 7. The van der Waals surface area contributed by atoms with E-state index >= 15 is 0 Å². The Morgan fingerprint density at radius 1 is 1.08 bits per heavy atom. The lowest BCUT2D eigenvalue weighted by Crippen LogP contribution is -2.41. The van der Waals surface area contributed by atoms with Crippen molar-refractivity contribution in [3.8, 4) is 11.8 Å². The first-order chi connectivity index (χ1) is 18.6. The lowest BCUT2D eigenvalue weighted by Gasteiger charge is -2.15. The lowest BCUT2D eigenvalue weighted by molar-refractivity contribution is -0.146. The fourth-order valence-electron chi connectivity index (χ4n) is 3.39. The number of nitrogen functional groups attached to an aromatic ring is 1. The number of aromatic amines is 1. The summed E-state index contributed by atoms with van der Waals surface area (Å²) in [6.45, 7) is 0.202. The van der Waals surface area contributed by atoms with E-state index in [9.17, 15) is 34.5 Å². The topological polar surface area (TPSA) is 248 Å². The van der Waals surface area contributed by atoms with E-state index in [2.05, 4.69) is 30.6 Å². The molecule has 0 radical (unpaired) electrons. The number of carbonyl (C=O) groups excluding carboxylic acids is 2. The van der Waals surface area contributed by atoms with E-state index in [1.807, 2.05) is 0 Å². The molecule has 1 amide bonds. The number of nitrogens with zero attached hydrogens (tertiary/aromatic N) is 4. The molecule has 3 aromatic heterocycles. The van der Waals surface area contributed by atoms with Gasteiger partial charge in [-0.15, -0.1) is 4.73 Å². The zero-order valence-electron chi connectivity index (χ0n) is 20.0. The Balaban J connectivity index is 1.31. The maximum Gasteiger partial charge on any atom is 0.333 e. The molecule has 0 aliphatic carbocycles. The smallest absolute Gasteiger partial charge is 0.333 e. The lowest BCUT2D eigenvalue weighted by atomic mass is 10.1. The molecule has 16 heteroatoms. The summed E-state index contributed by atoms with van der Waals surface area (Å²) in [5.41, 5.74) is 6.35. The van der Waals surface area contributed by atoms with Gasteiger partial charge in [-0.2, -0.15) is 4.98 Å². The molecule has 8 N–H and O–H groups in total. The van der Waals surface area contributed by atoms with Crippen molar-refractivity contribution in [3.05, 3.63) is 64.2 Å².